The van der Waals surface area contributed by atoms with E-state index in [9.17, 15) is 8.42 Å². The lowest BCUT2D eigenvalue weighted by atomic mass is 10.2. The molecule has 0 aliphatic carbocycles. The van der Waals surface area contributed by atoms with Gasteiger partial charge in [-0.15, -0.1) is 24.0 Å². The van der Waals surface area contributed by atoms with E-state index in [1.54, 1.807) is 13.2 Å². The Labute approximate surface area is 184 Å². The number of nitrogens with zero attached hydrogens (tertiary/aromatic N) is 4. The van der Waals surface area contributed by atoms with Gasteiger partial charge < -0.3 is 19.5 Å². The molecule has 2 rings (SSSR count). The number of piperazine rings is 1. The topological polar surface area (TPSA) is 100 Å². The van der Waals surface area contributed by atoms with Gasteiger partial charge in [0.15, 0.2) is 5.96 Å². The molecule has 2 heterocycles. The number of rotatable bonds is 10. The number of aliphatic imine (C=N–C) groups is 1. The highest BCUT2D eigenvalue weighted by Gasteiger charge is 2.28. The molecule has 9 nitrogen and oxygen atoms in total. The molecule has 0 spiro atoms. The number of sulfonamides is 1. The first-order valence-electron chi connectivity index (χ1n) is 9.46. The number of unbranched alkanes of at least 4 members (excludes halogenated alkanes) is 2. The van der Waals surface area contributed by atoms with Crippen molar-refractivity contribution in [3.05, 3.63) is 18.0 Å². The lowest BCUT2D eigenvalue weighted by Gasteiger charge is -2.35. The van der Waals surface area contributed by atoms with Gasteiger partial charge in [-0.2, -0.15) is 4.31 Å². The van der Waals surface area contributed by atoms with Crippen molar-refractivity contribution in [2.75, 3.05) is 53.0 Å². The van der Waals surface area contributed by atoms with E-state index in [4.69, 9.17) is 9.26 Å². The van der Waals surface area contributed by atoms with E-state index in [-0.39, 0.29) is 29.7 Å². The molecule has 1 aromatic rings. The number of ether oxygens (including phenoxy) is 1. The van der Waals surface area contributed by atoms with E-state index in [0.29, 0.717) is 31.9 Å². The van der Waals surface area contributed by atoms with Gasteiger partial charge in [0.25, 0.3) is 0 Å². The Hall–Kier alpha value is -0.920. The van der Waals surface area contributed by atoms with Gasteiger partial charge in [0.2, 0.25) is 10.0 Å². The van der Waals surface area contributed by atoms with Crippen LogP contribution in [0.5, 0.6) is 0 Å². The molecule has 0 atom stereocenters. The maximum absolute atomic E-state index is 12.5. The van der Waals surface area contributed by atoms with Gasteiger partial charge in [0.1, 0.15) is 12.0 Å². The van der Waals surface area contributed by atoms with Gasteiger partial charge in [-0.25, -0.2) is 8.42 Å². The molecule has 1 saturated heterocycles. The molecule has 1 N–H and O–H groups in total. The van der Waals surface area contributed by atoms with E-state index in [0.717, 1.165) is 44.9 Å². The van der Waals surface area contributed by atoms with Gasteiger partial charge in [0, 0.05) is 59.1 Å². The fourth-order valence-electron chi connectivity index (χ4n) is 2.91. The van der Waals surface area contributed by atoms with E-state index < -0.39 is 10.0 Å². The fourth-order valence-corrected chi connectivity index (χ4v) is 4.34. The molecule has 28 heavy (non-hydrogen) atoms. The van der Waals surface area contributed by atoms with Gasteiger partial charge >= 0.3 is 0 Å². The summed E-state index contributed by atoms with van der Waals surface area (Å²) in [5, 5.41) is 7.00. The third-order valence-corrected chi connectivity index (χ3v) is 6.17. The van der Waals surface area contributed by atoms with Crippen molar-refractivity contribution in [2.45, 2.75) is 31.9 Å². The number of nitrogens with one attached hydrogen (secondary N) is 1. The lowest BCUT2D eigenvalue weighted by Crippen LogP contribution is -2.53. The van der Waals surface area contributed by atoms with Gasteiger partial charge in [-0.05, 0) is 26.2 Å². The summed E-state index contributed by atoms with van der Waals surface area (Å²) in [7, 11) is -1.67. The van der Waals surface area contributed by atoms with E-state index in [2.05, 4.69) is 20.4 Å². The Morgan fingerprint density at radius 1 is 1.29 bits per heavy atom. The summed E-state index contributed by atoms with van der Waals surface area (Å²) in [5.74, 6) is 0.733. The molecular weight excluding hydrogens is 497 g/mol. The Bertz CT molecular complexity index is 661. The third-order valence-electron chi connectivity index (χ3n) is 4.36. The minimum absolute atomic E-state index is 0. The number of aromatic nitrogens is 1. The quantitative estimate of drug-likeness (QED) is 0.212. The van der Waals surface area contributed by atoms with Crippen molar-refractivity contribution < 1.29 is 17.7 Å². The molecule has 162 valence electrons. The van der Waals surface area contributed by atoms with Crippen LogP contribution in [-0.2, 0) is 20.5 Å². The summed E-state index contributed by atoms with van der Waals surface area (Å²) in [5.41, 5.74) is 0.431. The molecule has 0 aromatic carbocycles. The van der Waals surface area contributed by atoms with Gasteiger partial charge in [0.05, 0.1) is 5.69 Å². The first-order valence-corrected chi connectivity index (χ1v) is 11.1. The predicted molar refractivity (Wildman–Crippen MR) is 119 cm³/mol. The smallest absolute Gasteiger partial charge is 0.220 e. The number of hydrogen-bond acceptors (Lipinski definition) is 6. The fraction of sp³-hybridized carbons (Fsp3) is 0.765. The zero-order chi connectivity index (χ0) is 19.5. The first kappa shape index (κ1) is 25.1. The maximum atomic E-state index is 12.5. The van der Waals surface area contributed by atoms with E-state index in [1.165, 1.54) is 10.6 Å². The largest absolute Gasteiger partial charge is 0.385 e. The van der Waals surface area contributed by atoms with Crippen LogP contribution < -0.4 is 5.32 Å². The van der Waals surface area contributed by atoms with Crippen molar-refractivity contribution >= 4 is 40.0 Å². The molecule has 0 amide bonds. The molecule has 1 aromatic heterocycles. The van der Waals surface area contributed by atoms with Crippen LogP contribution in [0.4, 0.5) is 0 Å². The molecule has 0 bridgehead atoms. The monoisotopic (exact) mass is 529 g/mol. The average Bonchev–Trinajstić information content (AvgIpc) is 3.16. The maximum Gasteiger partial charge on any atom is 0.220 e. The standard InChI is InChI=1S/C17H31N5O4S.HI/c1-3-18-17(19-8-5-4-6-13-25-2)21-9-11-22(12-10-21)27(23,24)15-16-7-14-26-20-16;/h7,14H,3-6,8-13,15H2,1-2H3,(H,18,19);1H. The summed E-state index contributed by atoms with van der Waals surface area (Å²) >= 11 is 0. The summed E-state index contributed by atoms with van der Waals surface area (Å²) in [6, 6.07) is 1.58. The van der Waals surface area contributed by atoms with Gasteiger partial charge in [-0.3, -0.25) is 4.99 Å². The minimum Gasteiger partial charge on any atom is -0.385 e. The van der Waals surface area contributed by atoms with Crippen LogP contribution in [0.2, 0.25) is 0 Å². The Morgan fingerprint density at radius 3 is 2.64 bits per heavy atom. The normalized spacial score (nSPS) is 16.1. The SMILES string of the molecule is CCNC(=NCCCCCOC)N1CCN(S(=O)(=O)Cc2ccon2)CC1.I. The van der Waals surface area contributed by atoms with Crippen molar-refractivity contribution in [2.24, 2.45) is 4.99 Å². The molecule has 0 radical (unpaired) electrons. The van der Waals surface area contributed by atoms with Crippen LogP contribution in [0, 0.1) is 0 Å². The van der Waals surface area contributed by atoms with Crippen LogP contribution in [0.1, 0.15) is 31.9 Å². The van der Waals surface area contributed by atoms with Crippen molar-refractivity contribution in [1.82, 2.24) is 19.7 Å². The summed E-state index contributed by atoms with van der Waals surface area (Å²) in [4.78, 5) is 6.81. The second-order valence-corrected chi connectivity index (χ2v) is 8.39. The molecule has 1 aliphatic heterocycles. The molecule has 0 saturated carbocycles. The lowest BCUT2D eigenvalue weighted by molar-refractivity contribution is 0.192. The van der Waals surface area contributed by atoms with E-state index >= 15 is 0 Å². The Balaban J connectivity index is 0.00000392. The van der Waals surface area contributed by atoms with Crippen molar-refractivity contribution in [3.63, 3.8) is 0 Å². The predicted octanol–water partition coefficient (Wildman–Crippen LogP) is 1.52. The molecule has 1 aliphatic rings. The van der Waals surface area contributed by atoms with E-state index in [1.807, 2.05) is 6.92 Å². The highest BCUT2D eigenvalue weighted by atomic mass is 127. The third kappa shape index (κ3) is 8.21. The molecule has 11 heteroatoms. The molecular formula is C17H32IN5O4S. The van der Waals surface area contributed by atoms with Crippen LogP contribution in [-0.4, -0.2) is 81.7 Å². The number of methoxy groups -OCH3 is 1. The first-order chi connectivity index (χ1) is 13.1. The van der Waals surface area contributed by atoms with Crippen LogP contribution >= 0.6 is 24.0 Å². The zero-order valence-corrected chi connectivity index (χ0v) is 19.8. The van der Waals surface area contributed by atoms with Crippen LogP contribution in [0.25, 0.3) is 0 Å². The second-order valence-electron chi connectivity index (χ2n) is 6.42. The second kappa shape index (κ2) is 13.3. The molecule has 0 unspecified atom stereocenters. The van der Waals surface area contributed by atoms with Crippen LogP contribution in [0.3, 0.4) is 0 Å². The summed E-state index contributed by atoms with van der Waals surface area (Å²) in [6.45, 7) is 6.49. The Morgan fingerprint density at radius 2 is 2.04 bits per heavy atom. The summed E-state index contributed by atoms with van der Waals surface area (Å²) in [6.07, 6.45) is 4.54. The highest BCUT2D eigenvalue weighted by Crippen LogP contribution is 2.13. The molecule has 1 fully saturated rings. The van der Waals surface area contributed by atoms with Crippen molar-refractivity contribution in [1.29, 1.82) is 0 Å². The Kier molecular flexibility index (Phi) is 12.0. The van der Waals surface area contributed by atoms with Crippen molar-refractivity contribution in [3.8, 4) is 0 Å². The summed E-state index contributed by atoms with van der Waals surface area (Å²) < 4.78 is 36.3. The highest BCUT2D eigenvalue weighted by molar-refractivity contribution is 14.0. The number of hydrogen-bond donors (Lipinski definition) is 1. The minimum atomic E-state index is -3.39. The van der Waals surface area contributed by atoms with Gasteiger partial charge in [-0.1, -0.05) is 5.16 Å². The number of guanidine groups is 1. The average molecular weight is 529 g/mol. The number of halogens is 1. The zero-order valence-electron chi connectivity index (χ0n) is 16.7. The van der Waals surface area contributed by atoms with Crippen LogP contribution in [0.15, 0.2) is 21.8 Å².